The second-order valence-electron chi connectivity index (χ2n) is 3.49. The van der Waals surface area contributed by atoms with Gasteiger partial charge >= 0.3 is 0 Å². The van der Waals surface area contributed by atoms with Crippen molar-refractivity contribution in [2.45, 2.75) is 38.0 Å². The molecule has 0 radical (unpaired) electrons. The summed E-state index contributed by atoms with van der Waals surface area (Å²) in [5, 5.41) is 2.41. The predicted octanol–water partition coefficient (Wildman–Crippen LogP) is 1.92. The number of carbonyl (C=O) groups is 1. The minimum atomic E-state index is -0.397. The van der Waals surface area contributed by atoms with Crippen LogP contribution < -0.4 is 5.32 Å². The molecule has 1 unspecified atom stereocenters. The molecule has 1 atom stereocenters. The molecule has 0 aromatic rings. The maximum absolute atomic E-state index is 11.0. The molecule has 1 saturated carbocycles. The molecule has 12 heavy (non-hydrogen) atoms. The van der Waals surface area contributed by atoms with E-state index in [0.29, 0.717) is 0 Å². The van der Waals surface area contributed by atoms with Crippen molar-refractivity contribution in [3.05, 3.63) is 0 Å². The number of carbonyl (C=O) groups excluding carboxylic acids is 1. The summed E-state index contributed by atoms with van der Waals surface area (Å²) in [6, 6.07) is 0. The molecule has 0 spiro atoms. The van der Waals surface area contributed by atoms with E-state index in [1.165, 1.54) is 19.3 Å². The molecule has 1 aliphatic carbocycles. The van der Waals surface area contributed by atoms with Crippen molar-refractivity contribution in [1.29, 1.82) is 0 Å². The minimum Gasteiger partial charge on any atom is -0.355 e. The standard InChI is InChI=1S/C9H16ClNO/c1-7(10)9(12)11-6-5-8-3-2-4-8/h7-8H,2-6H2,1H3,(H,11,12). The Morgan fingerprint density at radius 1 is 1.67 bits per heavy atom. The molecule has 1 rings (SSSR count). The quantitative estimate of drug-likeness (QED) is 0.673. The smallest absolute Gasteiger partial charge is 0.237 e. The zero-order valence-electron chi connectivity index (χ0n) is 7.48. The summed E-state index contributed by atoms with van der Waals surface area (Å²) in [7, 11) is 0. The Labute approximate surface area is 78.7 Å². The minimum absolute atomic E-state index is 0.0454. The average molecular weight is 190 g/mol. The number of nitrogens with one attached hydrogen (secondary N) is 1. The first-order valence-corrected chi connectivity index (χ1v) is 5.05. The van der Waals surface area contributed by atoms with Crippen LogP contribution in [0.15, 0.2) is 0 Å². The van der Waals surface area contributed by atoms with E-state index in [2.05, 4.69) is 5.32 Å². The monoisotopic (exact) mass is 189 g/mol. The summed E-state index contributed by atoms with van der Waals surface area (Å²) >= 11 is 5.58. The van der Waals surface area contributed by atoms with Gasteiger partial charge in [-0.05, 0) is 19.3 Å². The molecule has 2 nitrogen and oxygen atoms in total. The largest absolute Gasteiger partial charge is 0.355 e. The van der Waals surface area contributed by atoms with Crippen LogP contribution in [0.25, 0.3) is 0 Å². The van der Waals surface area contributed by atoms with Gasteiger partial charge in [0.05, 0.1) is 0 Å². The van der Waals surface area contributed by atoms with Crippen LogP contribution in [-0.2, 0) is 4.79 Å². The van der Waals surface area contributed by atoms with Crippen LogP contribution in [0.1, 0.15) is 32.6 Å². The third-order valence-electron chi connectivity index (χ3n) is 2.44. The van der Waals surface area contributed by atoms with Crippen molar-refractivity contribution >= 4 is 17.5 Å². The molecule has 0 saturated heterocycles. The number of amides is 1. The lowest BCUT2D eigenvalue weighted by Crippen LogP contribution is -2.32. The fraction of sp³-hybridized carbons (Fsp3) is 0.889. The summed E-state index contributed by atoms with van der Waals surface area (Å²) in [6.45, 7) is 2.49. The van der Waals surface area contributed by atoms with Crippen molar-refractivity contribution in [2.24, 2.45) is 5.92 Å². The Kier molecular flexibility index (Phi) is 3.86. The summed E-state index contributed by atoms with van der Waals surface area (Å²) in [4.78, 5) is 11.0. The highest BCUT2D eigenvalue weighted by Gasteiger charge is 2.17. The van der Waals surface area contributed by atoms with Gasteiger partial charge in [0.2, 0.25) is 5.91 Å². The molecular weight excluding hydrogens is 174 g/mol. The Hall–Kier alpha value is -0.240. The highest BCUT2D eigenvalue weighted by atomic mass is 35.5. The van der Waals surface area contributed by atoms with Gasteiger partial charge in [0.25, 0.3) is 0 Å². The number of hydrogen-bond acceptors (Lipinski definition) is 1. The van der Waals surface area contributed by atoms with E-state index in [-0.39, 0.29) is 5.91 Å². The molecule has 0 aliphatic heterocycles. The van der Waals surface area contributed by atoms with E-state index in [1.54, 1.807) is 6.92 Å². The van der Waals surface area contributed by atoms with Gasteiger partial charge in [-0.1, -0.05) is 19.3 Å². The van der Waals surface area contributed by atoms with Crippen LogP contribution in [0.4, 0.5) is 0 Å². The SMILES string of the molecule is CC(Cl)C(=O)NCCC1CCC1. The van der Waals surface area contributed by atoms with Crippen molar-refractivity contribution in [2.75, 3.05) is 6.54 Å². The van der Waals surface area contributed by atoms with Gasteiger partial charge in [-0.3, -0.25) is 4.79 Å². The average Bonchev–Trinajstić information content (AvgIpc) is 1.93. The summed E-state index contributed by atoms with van der Waals surface area (Å²) < 4.78 is 0. The summed E-state index contributed by atoms with van der Waals surface area (Å²) in [5.74, 6) is 0.812. The van der Waals surface area contributed by atoms with Crippen molar-refractivity contribution < 1.29 is 4.79 Å². The van der Waals surface area contributed by atoms with E-state index in [1.807, 2.05) is 0 Å². The lowest BCUT2D eigenvalue weighted by atomic mass is 9.83. The van der Waals surface area contributed by atoms with E-state index < -0.39 is 5.38 Å². The zero-order valence-corrected chi connectivity index (χ0v) is 8.23. The lowest BCUT2D eigenvalue weighted by molar-refractivity contribution is -0.120. The first-order valence-electron chi connectivity index (χ1n) is 4.62. The Balaban J connectivity index is 1.97. The van der Waals surface area contributed by atoms with Gasteiger partial charge < -0.3 is 5.32 Å². The Morgan fingerprint density at radius 2 is 2.33 bits per heavy atom. The first kappa shape index (κ1) is 9.85. The molecule has 3 heteroatoms. The van der Waals surface area contributed by atoms with Crippen LogP contribution >= 0.6 is 11.6 Å². The molecular formula is C9H16ClNO. The van der Waals surface area contributed by atoms with Crippen LogP contribution in [0, 0.1) is 5.92 Å². The lowest BCUT2D eigenvalue weighted by Gasteiger charge is -2.25. The number of alkyl halides is 1. The zero-order chi connectivity index (χ0) is 8.97. The Morgan fingerprint density at radius 3 is 2.75 bits per heavy atom. The molecule has 0 bridgehead atoms. The van der Waals surface area contributed by atoms with Crippen molar-refractivity contribution in [3.8, 4) is 0 Å². The summed E-state index contributed by atoms with van der Waals surface area (Å²) in [5.41, 5.74) is 0. The van der Waals surface area contributed by atoms with Crippen LogP contribution in [-0.4, -0.2) is 17.8 Å². The number of hydrogen-bond donors (Lipinski definition) is 1. The molecule has 1 N–H and O–H groups in total. The maximum Gasteiger partial charge on any atom is 0.237 e. The van der Waals surface area contributed by atoms with Crippen molar-refractivity contribution in [3.63, 3.8) is 0 Å². The highest BCUT2D eigenvalue weighted by Crippen LogP contribution is 2.28. The second-order valence-corrected chi connectivity index (χ2v) is 4.15. The van der Waals surface area contributed by atoms with Gasteiger partial charge in [-0.25, -0.2) is 0 Å². The molecule has 0 aromatic heterocycles. The molecule has 70 valence electrons. The fourth-order valence-corrected chi connectivity index (χ4v) is 1.40. The highest BCUT2D eigenvalue weighted by molar-refractivity contribution is 6.30. The van der Waals surface area contributed by atoms with E-state index >= 15 is 0 Å². The number of rotatable bonds is 4. The van der Waals surface area contributed by atoms with Gasteiger partial charge in [-0.15, -0.1) is 11.6 Å². The maximum atomic E-state index is 11.0. The Bertz CT molecular complexity index is 155. The van der Waals surface area contributed by atoms with Crippen LogP contribution in [0.5, 0.6) is 0 Å². The number of halogens is 1. The molecule has 1 amide bonds. The second kappa shape index (κ2) is 4.70. The molecule has 0 aromatic carbocycles. The van der Waals surface area contributed by atoms with E-state index in [0.717, 1.165) is 18.9 Å². The topological polar surface area (TPSA) is 29.1 Å². The third kappa shape index (κ3) is 3.02. The van der Waals surface area contributed by atoms with Crippen LogP contribution in [0.2, 0.25) is 0 Å². The normalized spacial score (nSPS) is 19.8. The molecule has 1 aliphatic rings. The van der Waals surface area contributed by atoms with E-state index in [9.17, 15) is 4.79 Å². The molecule has 0 heterocycles. The van der Waals surface area contributed by atoms with Gasteiger partial charge in [0.15, 0.2) is 0 Å². The first-order chi connectivity index (χ1) is 5.70. The van der Waals surface area contributed by atoms with Gasteiger partial charge in [-0.2, -0.15) is 0 Å². The van der Waals surface area contributed by atoms with Gasteiger partial charge in [0.1, 0.15) is 5.38 Å². The van der Waals surface area contributed by atoms with Crippen LogP contribution in [0.3, 0.4) is 0 Å². The van der Waals surface area contributed by atoms with Gasteiger partial charge in [0, 0.05) is 6.54 Å². The molecule has 1 fully saturated rings. The van der Waals surface area contributed by atoms with Crippen molar-refractivity contribution in [1.82, 2.24) is 5.32 Å². The summed E-state index contributed by atoms with van der Waals surface area (Å²) in [6.07, 6.45) is 5.17. The third-order valence-corrected chi connectivity index (χ3v) is 2.64. The van der Waals surface area contributed by atoms with E-state index in [4.69, 9.17) is 11.6 Å². The fourth-order valence-electron chi connectivity index (χ4n) is 1.32. The predicted molar refractivity (Wildman–Crippen MR) is 50.3 cm³/mol.